The predicted octanol–water partition coefficient (Wildman–Crippen LogP) is 3.11. The van der Waals surface area contributed by atoms with Crippen molar-refractivity contribution in [2.24, 2.45) is 11.8 Å². The molecule has 4 atom stereocenters. The van der Waals surface area contributed by atoms with Crippen molar-refractivity contribution in [2.75, 3.05) is 32.9 Å². The lowest BCUT2D eigenvalue weighted by atomic mass is 9.46. The molecule has 0 unspecified atom stereocenters. The van der Waals surface area contributed by atoms with Crippen LogP contribution in [0.4, 0.5) is 0 Å². The maximum absolute atomic E-state index is 12.8. The van der Waals surface area contributed by atoms with E-state index < -0.39 is 16.8 Å². The molecule has 2 saturated heterocycles. The summed E-state index contributed by atoms with van der Waals surface area (Å²) in [4.78, 5) is 15.2. The Labute approximate surface area is 196 Å². The van der Waals surface area contributed by atoms with Crippen molar-refractivity contribution in [3.05, 3.63) is 34.9 Å². The molecule has 6 rings (SSSR count). The fourth-order valence-electron chi connectivity index (χ4n) is 7.59. The first-order valence-corrected chi connectivity index (χ1v) is 12.9. The summed E-state index contributed by atoms with van der Waals surface area (Å²) in [6, 6.07) is 6.82. The number of hydrogen-bond acceptors (Lipinski definition) is 6. The lowest BCUT2D eigenvalue weighted by Crippen LogP contribution is -2.76. The summed E-state index contributed by atoms with van der Waals surface area (Å²) in [5, 5.41) is 12.8. The van der Waals surface area contributed by atoms with Crippen LogP contribution in [0.5, 0.6) is 0 Å². The smallest absolute Gasteiger partial charge is 0.306 e. The number of nitrogens with zero attached hydrogens (tertiary/aromatic N) is 1. The Bertz CT molecular complexity index is 938. The first kappa shape index (κ1) is 22.0. The predicted molar refractivity (Wildman–Crippen MR) is 123 cm³/mol. The summed E-state index contributed by atoms with van der Waals surface area (Å²) in [6.07, 6.45) is 5.70. The van der Waals surface area contributed by atoms with E-state index >= 15 is 0 Å². The third-order valence-corrected chi connectivity index (χ3v) is 9.25. The van der Waals surface area contributed by atoms with Gasteiger partial charge >= 0.3 is 5.97 Å². The molecule has 1 aromatic rings. The number of fused-ring (bicyclic) bond motifs is 1. The minimum Gasteiger partial charge on any atom is -0.466 e. The third-order valence-electron chi connectivity index (χ3n) is 9.25. The molecule has 2 bridgehead atoms. The van der Waals surface area contributed by atoms with E-state index in [-0.39, 0.29) is 24.3 Å². The second-order valence-electron chi connectivity index (χ2n) is 11.2. The van der Waals surface area contributed by atoms with Crippen molar-refractivity contribution < 1.29 is 24.1 Å². The van der Waals surface area contributed by atoms with Crippen LogP contribution in [0, 0.1) is 18.8 Å². The number of likely N-dealkylation sites (tertiary alicyclic amines) is 1. The van der Waals surface area contributed by atoms with E-state index in [0.29, 0.717) is 32.7 Å². The van der Waals surface area contributed by atoms with E-state index in [0.717, 1.165) is 31.8 Å². The molecule has 0 amide bonds. The van der Waals surface area contributed by atoms with Crippen LogP contribution in [0.2, 0.25) is 0 Å². The number of aryl methyl sites for hydroxylation is 1. The number of esters is 1. The molecule has 4 fully saturated rings. The fraction of sp³-hybridized carbons (Fsp3) is 0.741. The first-order valence-electron chi connectivity index (χ1n) is 12.9. The Morgan fingerprint density at radius 1 is 1.27 bits per heavy atom. The number of carbonyl (C=O) groups is 1. The van der Waals surface area contributed by atoms with E-state index in [1.807, 2.05) is 6.92 Å². The van der Waals surface area contributed by atoms with Crippen molar-refractivity contribution >= 4 is 5.97 Å². The molecule has 1 aromatic carbocycles. The Morgan fingerprint density at radius 3 is 2.79 bits per heavy atom. The average molecular weight is 456 g/mol. The highest BCUT2D eigenvalue weighted by Crippen LogP contribution is 2.63. The van der Waals surface area contributed by atoms with E-state index in [1.54, 1.807) is 0 Å². The zero-order valence-electron chi connectivity index (χ0n) is 20.0. The summed E-state index contributed by atoms with van der Waals surface area (Å²) in [7, 11) is 0. The molecule has 2 aliphatic heterocycles. The summed E-state index contributed by atoms with van der Waals surface area (Å²) >= 11 is 0. The van der Waals surface area contributed by atoms with Crippen LogP contribution >= 0.6 is 0 Å². The van der Waals surface area contributed by atoms with Gasteiger partial charge in [-0.2, -0.15) is 0 Å². The maximum atomic E-state index is 12.8. The molecule has 3 aliphatic carbocycles. The van der Waals surface area contributed by atoms with Crippen molar-refractivity contribution in [3.8, 4) is 0 Å². The van der Waals surface area contributed by atoms with Gasteiger partial charge in [-0.15, -0.1) is 0 Å². The van der Waals surface area contributed by atoms with Crippen LogP contribution in [0.3, 0.4) is 0 Å². The number of aliphatic hydroxyl groups is 1. The van der Waals surface area contributed by atoms with Crippen LogP contribution in [0.1, 0.15) is 62.1 Å². The first-order chi connectivity index (χ1) is 15.9. The Hall–Kier alpha value is -1.47. The monoisotopic (exact) mass is 455 g/mol. The van der Waals surface area contributed by atoms with Gasteiger partial charge in [-0.1, -0.05) is 23.8 Å². The van der Waals surface area contributed by atoms with Crippen molar-refractivity contribution in [3.63, 3.8) is 0 Å². The average Bonchev–Trinajstić information content (AvgIpc) is 3.47. The minimum atomic E-state index is -0.918. The summed E-state index contributed by atoms with van der Waals surface area (Å²) < 4.78 is 18.0. The highest BCUT2D eigenvalue weighted by atomic mass is 16.7. The van der Waals surface area contributed by atoms with E-state index in [9.17, 15) is 9.90 Å². The van der Waals surface area contributed by atoms with Gasteiger partial charge in [0, 0.05) is 30.3 Å². The molecule has 1 spiro atoms. The highest BCUT2D eigenvalue weighted by molar-refractivity contribution is 5.70. The topological polar surface area (TPSA) is 68.2 Å². The lowest BCUT2D eigenvalue weighted by molar-refractivity contribution is -0.287. The molecule has 1 N–H and O–H groups in total. The van der Waals surface area contributed by atoms with E-state index in [2.05, 4.69) is 30.0 Å². The van der Waals surface area contributed by atoms with Crippen molar-refractivity contribution in [1.82, 2.24) is 4.90 Å². The number of rotatable bonds is 5. The van der Waals surface area contributed by atoms with Crippen LogP contribution < -0.4 is 0 Å². The molecular weight excluding hydrogens is 418 g/mol. The highest BCUT2D eigenvalue weighted by Gasteiger charge is 2.71. The Morgan fingerprint density at radius 2 is 2.06 bits per heavy atom. The van der Waals surface area contributed by atoms with Gasteiger partial charge in [-0.25, -0.2) is 0 Å². The van der Waals surface area contributed by atoms with Crippen molar-refractivity contribution in [1.29, 1.82) is 0 Å². The van der Waals surface area contributed by atoms with Gasteiger partial charge in [0.1, 0.15) is 0 Å². The van der Waals surface area contributed by atoms with Crippen LogP contribution in [-0.2, 0) is 30.8 Å². The van der Waals surface area contributed by atoms with Gasteiger partial charge in [0.15, 0.2) is 5.79 Å². The molecule has 6 nitrogen and oxygen atoms in total. The summed E-state index contributed by atoms with van der Waals surface area (Å²) in [6.45, 7) is 7.46. The van der Waals surface area contributed by atoms with Gasteiger partial charge in [0.05, 0.1) is 31.8 Å². The number of benzene rings is 1. The molecule has 2 heterocycles. The van der Waals surface area contributed by atoms with Gasteiger partial charge in [0.2, 0.25) is 0 Å². The molecule has 6 heteroatoms. The van der Waals surface area contributed by atoms with Gasteiger partial charge in [-0.3, -0.25) is 9.69 Å². The van der Waals surface area contributed by atoms with Crippen molar-refractivity contribution in [2.45, 2.75) is 81.6 Å². The van der Waals surface area contributed by atoms with Crippen LogP contribution in [0.25, 0.3) is 0 Å². The van der Waals surface area contributed by atoms with E-state index in [4.69, 9.17) is 14.2 Å². The summed E-state index contributed by atoms with van der Waals surface area (Å²) in [5.74, 6) is -0.507. The third kappa shape index (κ3) is 3.32. The largest absolute Gasteiger partial charge is 0.466 e. The molecule has 33 heavy (non-hydrogen) atoms. The second kappa shape index (κ2) is 7.77. The SMILES string of the molecule is CCOC(=O)C[C@H]1C[C@@]2(O)[C@H]3Cc4ccc(C)cc4[C@@]2(CCN3CC2CC2)CC12OCCO2. The Balaban J connectivity index is 1.45. The molecular formula is C27H37NO5. The van der Waals surface area contributed by atoms with Crippen LogP contribution in [-0.4, -0.2) is 66.3 Å². The zero-order chi connectivity index (χ0) is 22.8. The number of hydrogen-bond donors (Lipinski definition) is 1. The molecule has 0 radical (unpaired) electrons. The van der Waals surface area contributed by atoms with E-state index in [1.165, 1.54) is 29.5 Å². The minimum absolute atomic E-state index is 0.0607. The van der Waals surface area contributed by atoms with Gasteiger partial charge in [-0.05, 0) is 69.5 Å². The number of carbonyl (C=O) groups excluding carboxylic acids is 1. The number of ether oxygens (including phenoxy) is 3. The molecule has 5 aliphatic rings. The van der Waals surface area contributed by atoms with Crippen LogP contribution in [0.15, 0.2) is 18.2 Å². The zero-order valence-corrected chi connectivity index (χ0v) is 20.0. The molecule has 180 valence electrons. The molecule has 2 saturated carbocycles. The fourth-order valence-corrected chi connectivity index (χ4v) is 7.59. The Kier molecular flexibility index (Phi) is 5.19. The molecule has 0 aromatic heterocycles. The standard InChI is InChI=1S/C27H37NO5/c1-3-31-24(29)14-21-15-26(30)23-13-20-7-4-18(2)12-22(20)25(26,17-27(21)32-10-11-33-27)8-9-28(23)16-19-5-6-19/h4,7,12,19,21,23,30H,3,5-6,8-11,13-17H2,1-2H3/t21-,23+,25+,26+/m0/s1. The summed E-state index contributed by atoms with van der Waals surface area (Å²) in [5.41, 5.74) is 2.51. The second-order valence-corrected chi connectivity index (χ2v) is 11.2. The maximum Gasteiger partial charge on any atom is 0.306 e. The lowest BCUT2D eigenvalue weighted by Gasteiger charge is -2.67. The van der Waals surface area contributed by atoms with Gasteiger partial charge in [0.25, 0.3) is 0 Å². The normalized spacial score (nSPS) is 36.9. The number of piperidine rings is 1. The quantitative estimate of drug-likeness (QED) is 0.688. The van der Waals surface area contributed by atoms with Gasteiger partial charge < -0.3 is 19.3 Å².